The molecule has 98 valence electrons. The molecule has 0 aliphatic carbocycles. The second kappa shape index (κ2) is 5.41. The van der Waals surface area contributed by atoms with Gasteiger partial charge in [0.05, 0.1) is 12.1 Å². The summed E-state index contributed by atoms with van der Waals surface area (Å²) in [6.45, 7) is 3.77. The largest absolute Gasteiger partial charge is 0.496 e. The van der Waals surface area contributed by atoms with Crippen LogP contribution in [0.2, 0.25) is 5.02 Å². The molecule has 3 nitrogen and oxygen atoms in total. The maximum absolute atomic E-state index is 12.5. The molecule has 0 fully saturated rings. The average molecular weight is 276 g/mol. The van der Waals surface area contributed by atoms with Crippen molar-refractivity contribution < 1.29 is 9.53 Å². The molecular weight excluding hydrogens is 262 g/mol. The van der Waals surface area contributed by atoms with Gasteiger partial charge in [0.15, 0.2) is 0 Å². The first-order valence-electron chi connectivity index (χ1n) is 5.85. The van der Waals surface area contributed by atoms with E-state index >= 15 is 0 Å². The van der Waals surface area contributed by atoms with Crippen molar-refractivity contribution in [2.75, 3.05) is 7.11 Å². The number of benzene rings is 1. The Hall–Kier alpha value is -1.87. The molecule has 0 atom stereocenters. The van der Waals surface area contributed by atoms with E-state index in [0.29, 0.717) is 10.6 Å². The molecule has 0 spiro atoms. The summed E-state index contributed by atoms with van der Waals surface area (Å²) in [5, 5.41) is 0.361. The Kier molecular flexibility index (Phi) is 3.86. The van der Waals surface area contributed by atoms with Gasteiger partial charge in [0, 0.05) is 11.8 Å². The third kappa shape index (κ3) is 2.61. The average Bonchev–Trinajstić information content (AvgIpc) is 2.40. The molecule has 0 radical (unpaired) electrons. The van der Waals surface area contributed by atoms with Gasteiger partial charge in [0.2, 0.25) is 5.78 Å². The van der Waals surface area contributed by atoms with Crippen LogP contribution in [-0.2, 0) is 0 Å². The Balaban J connectivity index is 2.51. The van der Waals surface area contributed by atoms with Gasteiger partial charge in [-0.2, -0.15) is 0 Å². The van der Waals surface area contributed by atoms with E-state index in [9.17, 15) is 4.79 Å². The zero-order valence-electron chi connectivity index (χ0n) is 11.0. The van der Waals surface area contributed by atoms with Crippen LogP contribution in [0.3, 0.4) is 0 Å². The second-order valence-corrected chi connectivity index (χ2v) is 4.71. The first kappa shape index (κ1) is 13.6. The van der Waals surface area contributed by atoms with E-state index < -0.39 is 0 Å². The van der Waals surface area contributed by atoms with Crippen LogP contribution in [0.4, 0.5) is 0 Å². The van der Waals surface area contributed by atoms with Crippen molar-refractivity contribution in [2.24, 2.45) is 0 Å². The summed E-state index contributed by atoms with van der Waals surface area (Å²) in [4.78, 5) is 16.5. The standard InChI is InChI=1S/C15H14ClNO2/c1-9-8-13(19-3)10(2)7-11(9)15(18)14-12(16)5-4-6-17-14/h4-8H,1-3H3. The number of carbonyl (C=O) groups excluding carboxylic acids is 1. The monoisotopic (exact) mass is 275 g/mol. The van der Waals surface area contributed by atoms with Crippen LogP contribution in [0, 0.1) is 13.8 Å². The Labute approximate surface area is 117 Å². The lowest BCUT2D eigenvalue weighted by molar-refractivity contribution is 0.103. The molecule has 0 aliphatic rings. The number of ketones is 1. The molecule has 19 heavy (non-hydrogen) atoms. The van der Waals surface area contributed by atoms with Crippen LogP contribution in [-0.4, -0.2) is 17.9 Å². The maximum atomic E-state index is 12.5. The van der Waals surface area contributed by atoms with Crippen molar-refractivity contribution in [2.45, 2.75) is 13.8 Å². The Morgan fingerprint density at radius 2 is 2.00 bits per heavy atom. The summed E-state index contributed by atoms with van der Waals surface area (Å²) in [6.07, 6.45) is 1.56. The highest BCUT2D eigenvalue weighted by Gasteiger charge is 2.17. The number of hydrogen-bond acceptors (Lipinski definition) is 3. The Morgan fingerprint density at radius 1 is 1.26 bits per heavy atom. The van der Waals surface area contributed by atoms with E-state index in [0.717, 1.165) is 16.9 Å². The highest BCUT2D eigenvalue weighted by molar-refractivity contribution is 6.34. The number of pyridine rings is 1. The van der Waals surface area contributed by atoms with Crippen LogP contribution in [0.1, 0.15) is 27.2 Å². The molecular formula is C15H14ClNO2. The van der Waals surface area contributed by atoms with E-state index in [1.54, 1.807) is 25.4 Å². The molecule has 0 aliphatic heterocycles. The van der Waals surface area contributed by atoms with Crippen molar-refractivity contribution >= 4 is 17.4 Å². The summed E-state index contributed by atoms with van der Waals surface area (Å²) in [5.41, 5.74) is 2.62. The van der Waals surface area contributed by atoms with Gasteiger partial charge in [0.25, 0.3) is 0 Å². The SMILES string of the molecule is COc1cc(C)c(C(=O)c2ncccc2Cl)cc1C. The van der Waals surface area contributed by atoms with E-state index in [1.165, 1.54) is 0 Å². The zero-order chi connectivity index (χ0) is 14.0. The Morgan fingerprint density at radius 3 is 2.63 bits per heavy atom. The first-order chi connectivity index (χ1) is 9.04. The van der Waals surface area contributed by atoms with Crippen LogP contribution in [0.25, 0.3) is 0 Å². The van der Waals surface area contributed by atoms with E-state index in [2.05, 4.69) is 4.98 Å². The van der Waals surface area contributed by atoms with Gasteiger partial charge in [-0.05, 0) is 49.2 Å². The molecule has 1 heterocycles. The third-order valence-corrected chi connectivity index (χ3v) is 3.27. The fraction of sp³-hybridized carbons (Fsp3) is 0.200. The number of methoxy groups -OCH3 is 1. The summed E-state index contributed by atoms with van der Waals surface area (Å²) in [7, 11) is 1.61. The molecule has 1 aromatic carbocycles. The highest BCUT2D eigenvalue weighted by atomic mass is 35.5. The van der Waals surface area contributed by atoms with E-state index in [1.807, 2.05) is 26.0 Å². The van der Waals surface area contributed by atoms with Gasteiger partial charge in [0.1, 0.15) is 11.4 Å². The fourth-order valence-electron chi connectivity index (χ4n) is 1.93. The van der Waals surface area contributed by atoms with Crippen molar-refractivity contribution in [1.82, 2.24) is 4.98 Å². The number of rotatable bonds is 3. The van der Waals surface area contributed by atoms with E-state index in [4.69, 9.17) is 16.3 Å². The third-order valence-electron chi connectivity index (χ3n) is 2.96. The molecule has 4 heteroatoms. The molecule has 0 unspecified atom stereocenters. The van der Waals surface area contributed by atoms with Crippen molar-refractivity contribution in [3.63, 3.8) is 0 Å². The molecule has 0 saturated carbocycles. The minimum atomic E-state index is -0.172. The topological polar surface area (TPSA) is 39.2 Å². The molecule has 0 saturated heterocycles. The lowest BCUT2D eigenvalue weighted by Crippen LogP contribution is -2.07. The van der Waals surface area contributed by atoms with Crippen molar-refractivity contribution in [1.29, 1.82) is 0 Å². The number of ether oxygens (including phenoxy) is 1. The second-order valence-electron chi connectivity index (χ2n) is 4.30. The Bertz CT molecular complexity index is 638. The highest BCUT2D eigenvalue weighted by Crippen LogP contribution is 2.25. The zero-order valence-corrected chi connectivity index (χ0v) is 11.8. The van der Waals surface area contributed by atoms with Crippen LogP contribution < -0.4 is 4.74 Å². The summed E-state index contributed by atoms with van der Waals surface area (Å²) >= 11 is 6.01. The predicted molar refractivity (Wildman–Crippen MR) is 75.1 cm³/mol. The maximum Gasteiger partial charge on any atom is 0.213 e. The lowest BCUT2D eigenvalue weighted by atomic mass is 9.99. The van der Waals surface area contributed by atoms with Gasteiger partial charge >= 0.3 is 0 Å². The molecule has 0 N–H and O–H groups in total. The smallest absolute Gasteiger partial charge is 0.213 e. The van der Waals surface area contributed by atoms with Crippen LogP contribution in [0.5, 0.6) is 5.75 Å². The molecule has 0 amide bonds. The minimum absolute atomic E-state index is 0.172. The van der Waals surface area contributed by atoms with Gasteiger partial charge in [-0.1, -0.05) is 11.6 Å². The van der Waals surface area contributed by atoms with Crippen LogP contribution >= 0.6 is 11.6 Å². The van der Waals surface area contributed by atoms with Gasteiger partial charge in [-0.3, -0.25) is 9.78 Å². The number of hydrogen-bond donors (Lipinski definition) is 0. The van der Waals surface area contributed by atoms with Crippen molar-refractivity contribution in [3.8, 4) is 5.75 Å². The lowest BCUT2D eigenvalue weighted by Gasteiger charge is -2.10. The summed E-state index contributed by atoms with van der Waals surface area (Å²) in [6, 6.07) is 7.01. The number of halogens is 1. The van der Waals surface area contributed by atoms with Crippen molar-refractivity contribution in [3.05, 3.63) is 57.9 Å². The molecule has 2 aromatic rings. The number of aryl methyl sites for hydroxylation is 2. The first-order valence-corrected chi connectivity index (χ1v) is 6.23. The number of aromatic nitrogens is 1. The van der Waals surface area contributed by atoms with Gasteiger partial charge in [-0.15, -0.1) is 0 Å². The predicted octanol–water partition coefficient (Wildman–Crippen LogP) is 3.59. The summed E-state index contributed by atoms with van der Waals surface area (Å²) < 4.78 is 5.24. The van der Waals surface area contributed by atoms with Gasteiger partial charge < -0.3 is 4.74 Å². The fourth-order valence-corrected chi connectivity index (χ4v) is 2.14. The molecule has 0 bridgehead atoms. The number of nitrogens with zero attached hydrogens (tertiary/aromatic N) is 1. The summed E-state index contributed by atoms with van der Waals surface area (Å²) in [5.74, 6) is 0.593. The molecule has 2 rings (SSSR count). The molecule has 1 aromatic heterocycles. The van der Waals surface area contributed by atoms with E-state index in [-0.39, 0.29) is 11.5 Å². The van der Waals surface area contributed by atoms with Crippen LogP contribution in [0.15, 0.2) is 30.5 Å². The van der Waals surface area contributed by atoms with Gasteiger partial charge in [-0.25, -0.2) is 0 Å². The normalized spacial score (nSPS) is 10.3. The number of carbonyl (C=O) groups is 1. The minimum Gasteiger partial charge on any atom is -0.496 e. The quantitative estimate of drug-likeness (QED) is 0.804.